The van der Waals surface area contributed by atoms with Crippen molar-refractivity contribution in [3.63, 3.8) is 0 Å². The first-order chi connectivity index (χ1) is 9.87. The van der Waals surface area contributed by atoms with Crippen LogP contribution in [0.1, 0.15) is 18.4 Å². The molecule has 116 valence electrons. The van der Waals surface area contributed by atoms with E-state index in [2.05, 4.69) is 0 Å². The lowest BCUT2D eigenvalue weighted by molar-refractivity contribution is 0.165. The van der Waals surface area contributed by atoms with Gasteiger partial charge >= 0.3 is 0 Å². The molecule has 0 bridgehead atoms. The molecule has 0 aromatic heterocycles. The quantitative estimate of drug-likeness (QED) is 0.799. The number of hydrogen-bond donors (Lipinski definition) is 2. The molecule has 1 heterocycles. The lowest BCUT2D eigenvalue weighted by atomic mass is 10.0. The molecule has 21 heavy (non-hydrogen) atoms. The zero-order valence-corrected chi connectivity index (χ0v) is 13.0. The molecule has 0 saturated carbocycles. The van der Waals surface area contributed by atoms with Crippen LogP contribution in [0, 0.1) is 11.7 Å². The van der Waals surface area contributed by atoms with Crippen molar-refractivity contribution in [1.82, 2.24) is 4.31 Å². The van der Waals surface area contributed by atoms with E-state index in [1.165, 1.54) is 16.4 Å². The normalized spacial score (nSPS) is 20.4. The smallest absolute Gasteiger partial charge is 0.243 e. The third-order valence-corrected chi connectivity index (χ3v) is 5.69. The first kappa shape index (κ1) is 16.3. The molecule has 1 fully saturated rings. The Kier molecular flexibility index (Phi) is 4.92. The van der Waals surface area contributed by atoms with Crippen molar-refractivity contribution in [2.45, 2.75) is 17.7 Å². The second kappa shape index (κ2) is 6.35. The van der Waals surface area contributed by atoms with Crippen molar-refractivity contribution < 1.29 is 17.9 Å². The summed E-state index contributed by atoms with van der Waals surface area (Å²) in [7, 11) is -3.89. The van der Waals surface area contributed by atoms with Crippen molar-refractivity contribution in [3.05, 3.63) is 29.6 Å². The van der Waals surface area contributed by atoms with E-state index in [0.29, 0.717) is 13.0 Å². The number of thiocarbonyl (C=S) groups is 1. The summed E-state index contributed by atoms with van der Waals surface area (Å²) in [5, 5.41) is 9.21. The first-order valence-corrected chi connectivity index (χ1v) is 8.42. The summed E-state index contributed by atoms with van der Waals surface area (Å²) in [6.07, 6.45) is 1.43. The van der Waals surface area contributed by atoms with Gasteiger partial charge in [-0.25, -0.2) is 12.8 Å². The molecule has 3 N–H and O–H groups in total. The molecule has 1 aromatic carbocycles. The van der Waals surface area contributed by atoms with Crippen LogP contribution in [0.15, 0.2) is 23.1 Å². The average molecular weight is 332 g/mol. The minimum atomic E-state index is -3.89. The number of nitrogens with two attached hydrogens (primary N) is 1. The van der Waals surface area contributed by atoms with Crippen LogP contribution in [0.3, 0.4) is 0 Å². The van der Waals surface area contributed by atoms with Crippen LogP contribution >= 0.6 is 12.2 Å². The van der Waals surface area contributed by atoms with Crippen LogP contribution in [0.25, 0.3) is 0 Å². The van der Waals surface area contributed by atoms with Crippen LogP contribution in [0.4, 0.5) is 4.39 Å². The molecule has 1 aromatic rings. The van der Waals surface area contributed by atoms with Gasteiger partial charge in [0.15, 0.2) is 0 Å². The molecule has 1 unspecified atom stereocenters. The molecule has 0 spiro atoms. The summed E-state index contributed by atoms with van der Waals surface area (Å²) in [4.78, 5) is -0.504. The lowest BCUT2D eigenvalue weighted by Gasteiger charge is -2.31. The molecular weight excluding hydrogens is 315 g/mol. The molecule has 0 amide bonds. The second-order valence-electron chi connectivity index (χ2n) is 5.03. The van der Waals surface area contributed by atoms with Gasteiger partial charge in [0.2, 0.25) is 10.0 Å². The standard InChI is InChI=1S/C13H17FN2O3S2/c14-10-4-1-5-11(12(10)13(15)20)21(18,19)16-6-2-3-9(7-16)8-17/h1,4-5,9,17H,2-3,6-8H2,(H2,15,20). The van der Waals surface area contributed by atoms with Crippen molar-refractivity contribution >= 4 is 27.2 Å². The van der Waals surface area contributed by atoms with Gasteiger partial charge in [0, 0.05) is 19.7 Å². The maximum atomic E-state index is 13.9. The van der Waals surface area contributed by atoms with E-state index in [9.17, 15) is 17.9 Å². The highest BCUT2D eigenvalue weighted by molar-refractivity contribution is 7.89. The number of aliphatic hydroxyl groups is 1. The highest BCUT2D eigenvalue weighted by Gasteiger charge is 2.32. The van der Waals surface area contributed by atoms with E-state index in [1.54, 1.807) is 0 Å². The summed E-state index contributed by atoms with van der Waals surface area (Å²) in [6, 6.07) is 3.74. The van der Waals surface area contributed by atoms with Crippen molar-refractivity contribution in [2.24, 2.45) is 11.7 Å². The van der Waals surface area contributed by atoms with E-state index in [1.807, 2.05) is 0 Å². The summed E-state index contributed by atoms with van der Waals surface area (Å²) in [5.74, 6) is -0.852. The van der Waals surface area contributed by atoms with Crippen molar-refractivity contribution in [1.29, 1.82) is 0 Å². The minimum Gasteiger partial charge on any atom is -0.396 e. The third-order valence-electron chi connectivity index (χ3n) is 3.58. The number of hydrogen-bond acceptors (Lipinski definition) is 4. The van der Waals surface area contributed by atoms with Gasteiger partial charge in [-0.15, -0.1) is 0 Å². The molecule has 0 aliphatic carbocycles. The van der Waals surface area contributed by atoms with Crippen LogP contribution < -0.4 is 5.73 Å². The fourth-order valence-corrected chi connectivity index (χ4v) is 4.53. The van der Waals surface area contributed by atoms with Gasteiger partial charge in [0.05, 0.1) is 10.5 Å². The fourth-order valence-electron chi connectivity index (χ4n) is 2.49. The Morgan fingerprint density at radius 2 is 2.24 bits per heavy atom. The average Bonchev–Trinajstić information content (AvgIpc) is 2.46. The Balaban J connectivity index is 2.45. The molecule has 0 radical (unpaired) electrons. The fraction of sp³-hybridized carbons (Fsp3) is 0.462. The summed E-state index contributed by atoms with van der Waals surface area (Å²) in [5.41, 5.74) is 5.21. The number of sulfonamides is 1. The van der Waals surface area contributed by atoms with E-state index < -0.39 is 15.8 Å². The molecule has 1 saturated heterocycles. The largest absolute Gasteiger partial charge is 0.396 e. The van der Waals surface area contributed by atoms with Gasteiger partial charge in [-0.1, -0.05) is 18.3 Å². The Hall–Kier alpha value is -1.09. The van der Waals surface area contributed by atoms with Gasteiger partial charge in [-0.05, 0) is 30.9 Å². The van der Waals surface area contributed by atoms with E-state index in [0.717, 1.165) is 12.5 Å². The van der Waals surface area contributed by atoms with Crippen LogP contribution in [0.5, 0.6) is 0 Å². The summed E-state index contributed by atoms with van der Waals surface area (Å²) >= 11 is 4.77. The highest BCUT2D eigenvalue weighted by atomic mass is 32.2. The number of nitrogens with zero attached hydrogens (tertiary/aromatic N) is 1. The third kappa shape index (κ3) is 3.23. The Morgan fingerprint density at radius 1 is 1.52 bits per heavy atom. The van der Waals surface area contributed by atoms with Gasteiger partial charge in [0.25, 0.3) is 0 Å². The van der Waals surface area contributed by atoms with Gasteiger partial charge in [-0.3, -0.25) is 0 Å². The molecule has 5 nitrogen and oxygen atoms in total. The van der Waals surface area contributed by atoms with Crippen molar-refractivity contribution in [3.8, 4) is 0 Å². The number of piperidine rings is 1. The van der Waals surface area contributed by atoms with Crippen molar-refractivity contribution in [2.75, 3.05) is 19.7 Å². The number of rotatable bonds is 4. The second-order valence-corrected chi connectivity index (χ2v) is 7.38. The van der Waals surface area contributed by atoms with Crippen LogP contribution in [0.2, 0.25) is 0 Å². The Morgan fingerprint density at radius 3 is 2.86 bits per heavy atom. The molecular formula is C13H17FN2O3S2. The topological polar surface area (TPSA) is 83.6 Å². The maximum absolute atomic E-state index is 13.9. The molecule has 2 rings (SSSR count). The summed E-state index contributed by atoms with van der Waals surface area (Å²) in [6.45, 7) is 0.482. The molecule has 1 aliphatic heterocycles. The van der Waals surface area contributed by atoms with Crippen LogP contribution in [-0.2, 0) is 10.0 Å². The molecule has 1 atom stereocenters. The van der Waals surface area contributed by atoms with Gasteiger partial charge in [-0.2, -0.15) is 4.31 Å². The predicted molar refractivity (Wildman–Crippen MR) is 80.9 cm³/mol. The number of halogens is 1. The number of aliphatic hydroxyl groups excluding tert-OH is 1. The Labute approximate surface area is 128 Å². The molecule has 8 heteroatoms. The SMILES string of the molecule is NC(=S)c1c(F)cccc1S(=O)(=O)N1CCCC(CO)C1. The monoisotopic (exact) mass is 332 g/mol. The number of benzene rings is 1. The van der Waals surface area contributed by atoms with E-state index in [-0.39, 0.29) is 34.5 Å². The first-order valence-electron chi connectivity index (χ1n) is 6.57. The Bertz CT molecular complexity index is 649. The van der Waals surface area contributed by atoms with Crippen LogP contribution in [-0.4, -0.2) is 42.5 Å². The predicted octanol–water partition coefficient (Wildman–Crippen LogP) is 0.853. The van der Waals surface area contributed by atoms with E-state index in [4.69, 9.17) is 18.0 Å². The minimum absolute atomic E-state index is 0.0721. The summed E-state index contributed by atoms with van der Waals surface area (Å²) < 4.78 is 40.5. The highest BCUT2D eigenvalue weighted by Crippen LogP contribution is 2.26. The van der Waals surface area contributed by atoms with E-state index >= 15 is 0 Å². The molecule has 1 aliphatic rings. The lowest BCUT2D eigenvalue weighted by Crippen LogP contribution is -2.41. The maximum Gasteiger partial charge on any atom is 0.243 e. The van der Waals surface area contributed by atoms with Gasteiger partial charge in [0.1, 0.15) is 10.8 Å². The van der Waals surface area contributed by atoms with Gasteiger partial charge < -0.3 is 10.8 Å². The zero-order valence-electron chi connectivity index (χ0n) is 11.3. The zero-order chi connectivity index (χ0) is 15.6.